The summed E-state index contributed by atoms with van der Waals surface area (Å²) in [5, 5.41) is 21.3. The Bertz CT molecular complexity index is 416. The molecule has 6 nitrogen and oxygen atoms in total. The van der Waals surface area contributed by atoms with Gasteiger partial charge in [0.25, 0.3) is 0 Å². The summed E-state index contributed by atoms with van der Waals surface area (Å²) in [5.74, 6) is 0.175. The number of carbonyl (C=O) groups is 1. The maximum Gasteiger partial charge on any atom is 0.503 e. The number of benzene rings is 1. The Kier molecular flexibility index (Phi) is 4.33. The maximum absolute atomic E-state index is 8.56. The molecule has 0 saturated heterocycles. The van der Waals surface area contributed by atoms with Crippen molar-refractivity contribution in [2.75, 3.05) is 6.54 Å². The van der Waals surface area contributed by atoms with Crippen molar-refractivity contribution in [1.29, 1.82) is 5.41 Å². The van der Waals surface area contributed by atoms with E-state index in [1.54, 1.807) is 0 Å². The van der Waals surface area contributed by atoms with E-state index >= 15 is 0 Å². The normalized spacial score (nSPS) is 13.1. The first-order valence-electron chi connectivity index (χ1n) is 5.08. The van der Waals surface area contributed by atoms with E-state index in [0.29, 0.717) is 0 Å². The van der Waals surface area contributed by atoms with Gasteiger partial charge < -0.3 is 20.8 Å². The molecule has 0 aliphatic carbocycles. The van der Waals surface area contributed by atoms with Crippen LogP contribution in [-0.2, 0) is 13.0 Å². The molecule has 0 amide bonds. The Morgan fingerprint density at radius 1 is 1.29 bits per heavy atom. The van der Waals surface area contributed by atoms with Crippen LogP contribution in [0.25, 0.3) is 0 Å². The monoisotopic (exact) mass is 237 g/mol. The molecule has 0 saturated carbocycles. The molecule has 1 aliphatic rings. The van der Waals surface area contributed by atoms with E-state index < -0.39 is 6.16 Å². The van der Waals surface area contributed by atoms with Gasteiger partial charge in [0.1, 0.15) is 0 Å². The standard InChI is InChI=1S/C10H13N3.CH2O3/c11-10(12)13-6-5-8-3-1-2-4-9(8)7-13;2-1(3)4/h1-4H,5-7H2,(H3,11,12);(H2,2,3,4). The molecule has 2 rings (SSSR count). The van der Waals surface area contributed by atoms with Crippen molar-refractivity contribution in [2.24, 2.45) is 5.73 Å². The van der Waals surface area contributed by atoms with Gasteiger partial charge in [-0.15, -0.1) is 0 Å². The van der Waals surface area contributed by atoms with Crippen molar-refractivity contribution >= 4 is 12.1 Å². The second-order valence-electron chi connectivity index (χ2n) is 3.61. The van der Waals surface area contributed by atoms with Crippen LogP contribution in [0, 0.1) is 5.41 Å². The molecule has 17 heavy (non-hydrogen) atoms. The highest BCUT2D eigenvalue weighted by atomic mass is 16.6. The first-order chi connectivity index (χ1) is 8.00. The molecule has 6 heteroatoms. The summed E-state index contributed by atoms with van der Waals surface area (Å²) >= 11 is 0. The number of hydrogen-bond donors (Lipinski definition) is 4. The van der Waals surface area contributed by atoms with Crippen LogP contribution in [0.3, 0.4) is 0 Å². The molecule has 1 aromatic carbocycles. The number of nitrogens with one attached hydrogen (secondary N) is 1. The zero-order valence-electron chi connectivity index (χ0n) is 9.26. The molecule has 0 aromatic heterocycles. The van der Waals surface area contributed by atoms with E-state index in [9.17, 15) is 0 Å². The van der Waals surface area contributed by atoms with Crippen LogP contribution >= 0.6 is 0 Å². The highest BCUT2D eigenvalue weighted by molar-refractivity contribution is 5.74. The number of rotatable bonds is 0. The number of carboxylic acid groups (broad SMARTS) is 2. The van der Waals surface area contributed by atoms with E-state index in [1.807, 2.05) is 11.0 Å². The molecule has 0 spiro atoms. The summed E-state index contributed by atoms with van der Waals surface area (Å²) in [4.78, 5) is 10.4. The van der Waals surface area contributed by atoms with Gasteiger partial charge in [-0.2, -0.15) is 0 Å². The Balaban J connectivity index is 0.000000317. The largest absolute Gasteiger partial charge is 0.503 e. The predicted octanol–water partition coefficient (Wildman–Crippen LogP) is 1.16. The van der Waals surface area contributed by atoms with E-state index in [4.69, 9.17) is 26.2 Å². The molecule has 0 atom stereocenters. The smallest absolute Gasteiger partial charge is 0.450 e. The fourth-order valence-corrected chi connectivity index (χ4v) is 1.70. The third-order valence-corrected chi connectivity index (χ3v) is 2.47. The molecule has 0 fully saturated rings. The highest BCUT2D eigenvalue weighted by Gasteiger charge is 2.15. The van der Waals surface area contributed by atoms with Gasteiger partial charge in [-0.1, -0.05) is 24.3 Å². The Labute approximate surface area is 98.8 Å². The Hall–Kier alpha value is -2.24. The van der Waals surface area contributed by atoms with E-state index in [0.717, 1.165) is 19.5 Å². The first kappa shape index (κ1) is 12.8. The van der Waals surface area contributed by atoms with Crippen molar-refractivity contribution in [3.8, 4) is 0 Å². The lowest BCUT2D eigenvalue weighted by atomic mass is 10.0. The zero-order valence-corrected chi connectivity index (χ0v) is 9.26. The lowest BCUT2D eigenvalue weighted by Crippen LogP contribution is -2.39. The number of nitrogens with zero attached hydrogens (tertiary/aromatic N) is 1. The molecule has 5 N–H and O–H groups in total. The van der Waals surface area contributed by atoms with Gasteiger partial charge in [0.05, 0.1) is 0 Å². The quantitative estimate of drug-likeness (QED) is 0.399. The predicted molar refractivity (Wildman–Crippen MR) is 63.1 cm³/mol. The fraction of sp³-hybridized carbons (Fsp3) is 0.273. The van der Waals surface area contributed by atoms with Gasteiger partial charge in [-0.25, -0.2) is 4.79 Å². The number of nitrogens with two attached hydrogens (primary N) is 1. The molecule has 1 aromatic rings. The molecular weight excluding hydrogens is 222 g/mol. The molecule has 0 bridgehead atoms. The Morgan fingerprint density at radius 3 is 2.35 bits per heavy atom. The maximum atomic E-state index is 8.56. The minimum Gasteiger partial charge on any atom is -0.450 e. The van der Waals surface area contributed by atoms with Gasteiger partial charge in [0.2, 0.25) is 0 Å². The van der Waals surface area contributed by atoms with Gasteiger partial charge in [-0.05, 0) is 17.5 Å². The van der Waals surface area contributed by atoms with Crippen LogP contribution in [0.4, 0.5) is 4.79 Å². The van der Waals surface area contributed by atoms with E-state index in [1.165, 1.54) is 11.1 Å². The van der Waals surface area contributed by atoms with E-state index in [2.05, 4.69) is 18.2 Å². The van der Waals surface area contributed by atoms with Crippen molar-refractivity contribution in [3.05, 3.63) is 35.4 Å². The molecule has 0 radical (unpaired) electrons. The first-order valence-corrected chi connectivity index (χ1v) is 5.08. The Morgan fingerprint density at radius 2 is 1.82 bits per heavy atom. The van der Waals surface area contributed by atoms with Crippen LogP contribution in [0.2, 0.25) is 0 Å². The van der Waals surface area contributed by atoms with Crippen molar-refractivity contribution < 1.29 is 15.0 Å². The topological polar surface area (TPSA) is 111 Å². The van der Waals surface area contributed by atoms with E-state index in [-0.39, 0.29) is 5.96 Å². The second kappa shape index (κ2) is 5.74. The number of hydrogen-bond acceptors (Lipinski definition) is 2. The summed E-state index contributed by atoms with van der Waals surface area (Å²) in [5.41, 5.74) is 8.12. The summed E-state index contributed by atoms with van der Waals surface area (Å²) in [7, 11) is 0. The lowest BCUT2D eigenvalue weighted by Gasteiger charge is -2.28. The number of guanidine groups is 1. The molecule has 92 valence electrons. The van der Waals surface area contributed by atoms with Gasteiger partial charge >= 0.3 is 6.16 Å². The average molecular weight is 237 g/mol. The average Bonchev–Trinajstić information content (AvgIpc) is 2.27. The SMILES string of the molecule is N=C(N)N1CCc2ccccc2C1.O=C(O)O. The second-order valence-corrected chi connectivity index (χ2v) is 3.61. The summed E-state index contributed by atoms with van der Waals surface area (Å²) in [6, 6.07) is 8.34. The van der Waals surface area contributed by atoms with Gasteiger partial charge in [-0.3, -0.25) is 5.41 Å². The summed E-state index contributed by atoms with van der Waals surface area (Å²) in [6.45, 7) is 1.65. The summed E-state index contributed by atoms with van der Waals surface area (Å²) < 4.78 is 0. The minimum absolute atomic E-state index is 0.175. The van der Waals surface area contributed by atoms with Crippen LogP contribution < -0.4 is 5.73 Å². The van der Waals surface area contributed by atoms with Crippen molar-refractivity contribution in [3.63, 3.8) is 0 Å². The molecule has 1 heterocycles. The van der Waals surface area contributed by atoms with Crippen LogP contribution in [0.5, 0.6) is 0 Å². The number of fused-ring (bicyclic) bond motifs is 1. The van der Waals surface area contributed by atoms with Crippen LogP contribution in [0.1, 0.15) is 11.1 Å². The van der Waals surface area contributed by atoms with Gasteiger partial charge in [0.15, 0.2) is 5.96 Å². The molecule has 1 aliphatic heterocycles. The van der Waals surface area contributed by atoms with Crippen molar-refractivity contribution in [1.82, 2.24) is 4.90 Å². The molecule has 0 unspecified atom stereocenters. The minimum atomic E-state index is -1.83. The summed E-state index contributed by atoms with van der Waals surface area (Å²) in [6.07, 6.45) is -0.838. The fourth-order valence-electron chi connectivity index (χ4n) is 1.70. The molecular formula is C11H15N3O3. The van der Waals surface area contributed by atoms with Crippen molar-refractivity contribution in [2.45, 2.75) is 13.0 Å². The third-order valence-electron chi connectivity index (χ3n) is 2.47. The lowest BCUT2D eigenvalue weighted by molar-refractivity contribution is 0.137. The third kappa shape index (κ3) is 4.02. The highest BCUT2D eigenvalue weighted by Crippen LogP contribution is 2.17. The zero-order chi connectivity index (χ0) is 12.8. The van der Waals surface area contributed by atoms with Gasteiger partial charge in [0, 0.05) is 13.1 Å². The van der Waals surface area contributed by atoms with Crippen LogP contribution in [-0.4, -0.2) is 33.8 Å². The van der Waals surface area contributed by atoms with Crippen LogP contribution in [0.15, 0.2) is 24.3 Å².